The number of urea groups is 1. The fourth-order valence-corrected chi connectivity index (χ4v) is 5.41. The fraction of sp³-hybridized carbons (Fsp3) is 0.476. The molecule has 0 bridgehead atoms. The maximum atomic E-state index is 13.5. The maximum absolute atomic E-state index is 13.5. The third kappa shape index (κ3) is 3.17. The number of nitrogens with one attached hydrogen (secondary N) is 1. The molecular weight excluding hydrogens is 428 g/mol. The number of benzene rings is 1. The summed E-state index contributed by atoms with van der Waals surface area (Å²) < 4.78 is 28.8. The van der Waals surface area contributed by atoms with Crippen molar-refractivity contribution in [1.82, 2.24) is 20.0 Å². The van der Waals surface area contributed by atoms with Crippen molar-refractivity contribution in [2.75, 3.05) is 6.54 Å². The van der Waals surface area contributed by atoms with Crippen molar-refractivity contribution in [3.63, 3.8) is 0 Å². The first kappa shape index (κ1) is 20.2. The molecule has 1 aliphatic heterocycles. The molecule has 2 aromatic rings. The molecule has 1 spiro atoms. The summed E-state index contributed by atoms with van der Waals surface area (Å²) in [4.78, 5) is 26.7. The van der Waals surface area contributed by atoms with E-state index in [-0.39, 0.29) is 37.4 Å². The average molecular weight is 450 g/mol. The van der Waals surface area contributed by atoms with Gasteiger partial charge in [0, 0.05) is 34.5 Å². The van der Waals surface area contributed by atoms with Crippen LogP contribution in [0.15, 0.2) is 24.3 Å². The third-order valence-electron chi connectivity index (χ3n) is 6.69. The number of amides is 3. The highest BCUT2D eigenvalue weighted by atomic mass is 35.5. The second-order valence-corrected chi connectivity index (χ2v) is 9.63. The van der Waals surface area contributed by atoms with Crippen LogP contribution in [0.5, 0.6) is 0 Å². The summed E-state index contributed by atoms with van der Waals surface area (Å²) in [5.74, 6) is -3.25. The Kier molecular flexibility index (Phi) is 4.19. The molecule has 7 nitrogen and oxygen atoms in total. The standard InChI is InChI=1S/C21H22ClF2N5O2/c1-19(9-20(10-19)11-21(20,23)24)26-18(31)28-5-6-29-14(8-28)15(17(25)30)16(27-29)12-3-2-4-13(22)7-12/h2-4,7H,5-6,8-11H2,1H3,(H2,25,30)(H,26,31). The zero-order chi connectivity index (χ0) is 22.2. The molecule has 0 radical (unpaired) electrons. The highest BCUT2D eigenvalue weighted by Crippen LogP contribution is 2.73. The lowest BCUT2D eigenvalue weighted by atomic mass is 9.66. The van der Waals surface area contributed by atoms with Gasteiger partial charge in [0.25, 0.3) is 11.8 Å². The molecule has 164 valence electrons. The van der Waals surface area contributed by atoms with Gasteiger partial charge in [0.1, 0.15) is 5.69 Å². The Morgan fingerprint density at radius 3 is 2.55 bits per heavy atom. The summed E-state index contributed by atoms with van der Waals surface area (Å²) in [6, 6.07) is 6.63. The van der Waals surface area contributed by atoms with Crippen LogP contribution in [0.3, 0.4) is 0 Å². The van der Waals surface area contributed by atoms with Crippen LogP contribution in [0.25, 0.3) is 11.3 Å². The Bertz CT molecular complexity index is 1110. The number of nitrogens with two attached hydrogens (primary N) is 1. The van der Waals surface area contributed by atoms with Gasteiger partial charge in [-0.1, -0.05) is 23.7 Å². The zero-order valence-corrected chi connectivity index (χ0v) is 17.7. The van der Waals surface area contributed by atoms with Crippen LogP contribution in [-0.4, -0.2) is 44.6 Å². The molecular formula is C21H22ClF2N5O2. The number of carbonyl (C=O) groups is 2. The molecule has 10 heteroatoms. The smallest absolute Gasteiger partial charge is 0.318 e. The Hall–Kier alpha value is -2.68. The van der Waals surface area contributed by atoms with E-state index in [0.29, 0.717) is 35.1 Å². The van der Waals surface area contributed by atoms with Gasteiger partial charge in [0.2, 0.25) is 0 Å². The van der Waals surface area contributed by atoms with Crippen molar-refractivity contribution >= 4 is 23.5 Å². The molecule has 1 aromatic carbocycles. The van der Waals surface area contributed by atoms with E-state index in [1.807, 2.05) is 0 Å². The van der Waals surface area contributed by atoms with Crippen LogP contribution < -0.4 is 11.1 Å². The maximum Gasteiger partial charge on any atom is 0.318 e. The number of primary amides is 1. The van der Waals surface area contributed by atoms with Gasteiger partial charge in [0.05, 0.1) is 24.3 Å². The second-order valence-electron chi connectivity index (χ2n) is 9.20. The van der Waals surface area contributed by atoms with Crippen molar-refractivity contribution in [1.29, 1.82) is 0 Å². The molecule has 5 rings (SSSR count). The van der Waals surface area contributed by atoms with E-state index in [9.17, 15) is 18.4 Å². The molecule has 3 aliphatic rings. The first-order valence-corrected chi connectivity index (χ1v) is 10.5. The molecule has 2 aliphatic carbocycles. The molecule has 3 N–H and O–H groups in total. The number of aromatic nitrogens is 2. The van der Waals surface area contributed by atoms with Crippen LogP contribution in [0.2, 0.25) is 5.02 Å². The zero-order valence-electron chi connectivity index (χ0n) is 16.9. The minimum Gasteiger partial charge on any atom is -0.365 e. The number of halogens is 3. The number of hydrogen-bond acceptors (Lipinski definition) is 3. The molecule has 0 atom stereocenters. The largest absolute Gasteiger partial charge is 0.365 e. The molecule has 0 saturated heterocycles. The molecule has 3 amide bonds. The van der Waals surface area contributed by atoms with Gasteiger partial charge >= 0.3 is 6.03 Å². The van der Waals surface area contributed by atoms with Crippen LogP contribution in [0.4, 0.5) is 13.6 Å². The Morgan fingerprint density at radius 1 is 1.23 bits per heavy atom. The van der Waals surface area contributed by atoms with E-state index in [0.717, 1.165) is 0 Å². The third-order valence-corrected chi connectivity index (χ3v) is 6.92. The van der Waals surface area contributed by atoms with Crippen molar-refractivity contribution in [2.45, 2.75) is 50.7 Å². The van der Waals surface area contributed by atoms with Crippen LogP contribution in [0.1, 0.15) is 42.2 Å². The average Bonchev–Trinajstić information content (AvgIpc) is 3.05. The van der Waals surface area contributed by atoms with Gasteiger partial charge in [-0.25, -0.2) is 13.6 Å². The number of hydrogen-bond donors (Lipinski definition) is 2. The predicted octanol–water partition coefficient (Wildman–Crippen LogP) is 3.41. The lowest BCUT2D eigenvalue weighted by Gasteiger charge is -2.47. The Morgan fingerprint density at radius 2 is 1.94 bits per heavy atom. The summed E-state index contributed by atoms with van der Waals surface area (Å²) in [7, 11) is 0. The van der Waals surface area contributed by atoms with Crippen molar-refractivity contribution in [2.24, 2.45) is 11.1 Å². The van der Waals surface area contributed by atoms with E-state index >= 15 is 0 Å². The monoisotopic (exact) mass is 449 g/mol. The Balaban J connectivity index is 1.35. The van der Waals surface area contributed by atoms with E-state index in [4.69, 9.17) is 17.3 Å². The highest BCUT2D eigenvalue weighted by molar-refractivity contribution is 6.30. The molecule has 2 fully saturated rings. The van der Waals surface area contributed by atoms with Crippen molar-refractivity contribution in [3.8, 4) is 11.3 Å². The summed E-state index contributed by atoms with van der Waals surface area (Å²) in [5, 5.41) is 7.96. The summed E-state index contributed by atoms with van der Waals surface area (Å²) in [5.41, 5.74) is 5.98. The summed E-state index contributed by atoms with van der Waals surface area (Å²) in [6.07, 6.45) is 0.453. The first-order chi connectivity index (χ1) is 14.5. The normalized spacial score (nSPS) is 28.1. The first-order valence-electron chi connectivity index (χ1n) is 10.1. The van der Waals surface area contributed by atoms with Gasteiger partial charge in [-0.3, -0.25) is 9.48 Å². The van der Waals surface area contributed by atoms with E-state index in [2.05, 4.69) is 10.4 Å². The van der Waals surface area contributed by atoms with Crippen molar-refractivity contribution < 1.29 is 18.4 Å². The summed E-state index contributed by atoms with van der Waals surface area (Å²) >= 11 is 6.08. The molecule has 31 heavy (non-hydrogen) atoms. The molecule has 0 unspecified atom stereocenters. The van der Waals surface area contributed by atoms with Gasteiger partial charge in [-0.2, -0.15) is 5.10 Å². The molecule has 1 aromatic heterocycles. The summed E-state index contributed by atoms with van der Waals surface area (Å²) in [6.45, 7) is 2.72. The van der Waals surface area contributed by atoms with Gasteiger partial charge in [-0.15, -0.1) is 0 Å². The fourth-order valence-electron chi connectivity index (χ4n) is 5.22. The number of fused-ring (bicyclic) bond motifs is 1. The van der Waals surface area contributed by atoms with Crippen molar-refractivity contribution in [3.05, 3.63) is 40.5 Å². The van der Waals surface area contributed by atoms with E-state index in [1.54, 1.807) is 40.8 Å². The van der Waals surface area contributed by atoms with Gasteiger partial charge < -0.3 is 16.0 Å². The van der Waals surface area contributed by atoms with Gasteiger partial charge in [0.15, 0.2) is 0 Å². The SMILES string of the molecule is CC1(NC(=O)N2CCn3nc(-c4cccc(Cl)c4)c(C(N)=O)c3C2)CC2(C1)CC2(F)F. The van der Waals surface area contributed by atoms with E-state index in [1.165, 1.54) is 0 Å². The van der Waals surface area contributed by atoms with Crippen LogP contribution >= 0.6 is 11.6 Å². The highest BCUT2D eigenvalue weighted by Gasteiger charge is 2.78. The lowest BCUT2D eigenvalue weighted by Crippen LogP contribution is -2.60. The number of carbonyl (C=O) groups excluding carboxylic acids is 2. The predicted molar refractivity (Wildman–Crippen MR) is 110 cm³/mol. The number of nitrogens with zero attached hydrogens (tertiary/aromatic N) is 3. The van der Waals surface area contributed by atoms with E-state index < -0.39 is 22.8 Å². The lowest BCUT2D eigenvalue weighted by molar-refractivity contribution is -0.0158. The number of rotatable bonds is 3. The minimum absolute atomic E-state index is 0.0946. The molecule has 2 heterocycles. The van der Waals surface area contributed by atoms with Crippen LogP contribution in [-0.2, 0) is 13.1 Å². The van der Waals surface area contributed by atoms with Gasteiger partial charge in [-0.05, 0) is 31.9 Å². The molecule has 2 saturated carbocycles. The quantitative estimate of drug-likeness (QED) is 0.752. The number of alkyl halides is 2. The second kappa shape index (κ2) is 6.41. The minimum atomic E-state index is -2.61. The van der Waals surface area contributed by atoms with Crippen LogP contribution in [0, 0.1) is 5.41 Å². The topological polar surface area (TPSA) is 93.2 Å². The Labute approximate surface area is 182 Å².